The van der Waals surface area contributed by atoms with Gasteiger partial charge >= 0.3 is 7.82 Å². The SMILES string of the molecule is CCCCCCCCCCCCCCCCOP(=O)(OCCCCC)OCCCCC. The Labute approximate surface area is 195 Å². The fourth-order valence-corrected chi connectivity index (χ4v) is 4.92. The van der Waals surface area contributed by atoms with Gasteiger partial charge in [-0.2, -0.15) is 0 Å². The zero-order valence-electron chi connectivity index (χ0n) is 21.3. The van der Waals surface area contributed by atoms with Crippen LogP contribution in [0.25, 0.3) is 0 Å². The van der Waals surface area contributed by atoms with E-state index in [1.165, 1.54) is 77.0 Å². The van der Waals surface area contributed by atoms with E-state index in [0.29, 0.717) is 19.8 Å². The van der Waals surface area contributed by atoms with Crippen molar-refractivity contribution < 1.29 is 18.1 Å². The summed E-state index contributed by atoms with van der Waals surface area (Å²) in [5.41, 5.74) is 0. The molecule has 0 aromatic heterocycles. The van der Waals surface area contributed by atoms with Crippen molar-refractivity contribution in [2.45, 2.75) is 149 Å². The molecule has 0 heterocycles. The Morgan fingerprint density at radius 2 is 0.613 bits per heavy atom. The van der Waals surface area contributed by atoms with Gasteiger partial charge in [0.25, 0.3) is 0 Å². The van der Waals surface area contributed by atoms with Crippen LogP contribution in [-0.4, -0.2) is 19.8 Å². The lowest BCUT2D eigenvalue weighted by Gasteiger charge is -2.18. The molecule has 0 saturated carbocycles. The fraction of sp³-hybridized carbons (Fsp3) is 1.00. The van der Waals surface area contributed by atoms with Crippen molar-refractivity contribution in [1.82, 2.24) is 0 Å². The van der Waals surface area contributed by atoms with Crippen LogP contribution in [0.1, 0.15) is 149 Å². The normalized spacial score (nSPS) is 12.0. The predicted octanol–water partition coefficient (Wildman–Crippen LogP) is 10.0. The van der Waals surface area contributed by atoms with Crippen LogP contribution >= 0.6 is 7.82 Å². The average Bonchev–Trinajstić information content (AvgIpc) is 2.77. The van der Waals surface area contributed by atoms with Crippen molar-refractivity contribution >= 4 is 7.82 Å². The van der Waals surface area contributed by atoms with Gasteiger partial charge in [0.1, 0.15) is 0 Å². The molecule has 0 aromatic rings. The van der Waals surface area contributed by atoms with Gasteiger partial charge in [-0.25, -0.2) is 4.57 Å². The van der Waals surface area contributed by atoms with E-state index in [4.69, 9.17) is 13.6 Å². The molecule has 188 valence electrons. The van der Waals surface area contributed by atoms with Crippen LogP contribution in [0.2, 0.25) is 0 Å². The quantitative estimate of drug-likeness (QED) is 0.0947. The molecule has 0 aliphatic carbocycles. The summed E-state index contributed by atoms with van der Waals surface area (Å²) >= 11 is 0. The van der Waals surface area contributed by atoms with Crippen molar-refractivity contribution in [3.05, 3.63) is 0 Å². The first-order valence-electron chi connectivity index (χ1n) is 13.7. The molecular formula is C26H55O4P. The molecule has 0 aromatic carbocycles. The first kappa shape index (κ1) is 31.1. The predicted molar refractivity (Wildman–Crippen MR) is 135 cm³/mol. The van der Waals surface area contributed by atoms with Crippen LogP contribution in [0.5, 0.6) is 0 Å². The Balaban J connectivity index is 3.66. The van der Waals surface area contributed by atoms with Crippen LogP contribution in [0, 0.1) is 0 Å². The smallest absolute Gasteiger partial charge is 0.287 e. The maximum Gasteiger partial charge on any atom is 0.474 e. The first-order chi connectivity index (χ1) is 15.2. The van der Waals surface area contributed by atoms with Crippen LogP contribution < -0.4 is 0 Å². The Kier molecular flexibility index (Phi) is 24.8. The van der Waals surface area contributed by atoms with Crippen LogP contribution in [0.3, 0.4) is 0 Å². The van der Waals surface area contributed by atoms with Crippen molar-refractivity contribution in [3.63, 3.8) is 0 Å². The van der Waals surface area contributed by atoms with Gasteiger partial charge in [0, 0.05) is 0 Å². The maximum atomic E-state index is 12.8. The largest absolute Gasteiger partial charge is 0.474 e. The summed E-state index contributed by atoms with van der Waals surface area (Å²) in [5.74, 6) is 0. The van der Waals surface area contributed by atoms with Crippen molar-refractivity contribution in [2.24, 2.45) is 0 Å². The lowest BCUT2D eigenvalue weighted by molar-refractivity contribution is 0.109. The molecule has 0 aliphatic rings. The fourth-order valence-electron chi connectivity index (χ4n) is 3.64. The molecule has 4 nitrogen and oxygen atoms in total. The molecule has 0 amide bonds. The maximum absolute atomic E-state index is 12.8. The van der Waals surface area contributed by atoms with E-state index in [2.05, 4.69) is 20.8 Å². The van der Waals surface area contributed by atoms with Gasteiger partial charge in [0.15, 0.2) is 0 Å². The molecule has 0 rings (SSSR count). The number of phosphoric acid groups is 1. The second-order valence-corrected chi connectivity index (χ2v) is 10.6. The van der Waals surface area contributed by atoms with E-state index in [0.717, 1.165) is 51.4 Å². The molecular weight excluding hydrogens is 407 g/mol. The molecule has 0 fully saturated rings. The van der Waals surface area contributed by atoms with Gasteiger partial charge < -0.3 is 0 Å². The highest BCUT2D eigenvalue weighted by Gasteiger charge is 2.26. The molecule has 0 saturated heterocycles. The molecule has 0 atom stereocenters. The Morgan fingerprint density at radius 1 is 0.387 bits per heavy atom. The standard InChI is InChI=1S/C26H55O4P/c1-4-7-10-11-12-13-14-15-16-17-18-19-20-23-26-30-31(27,28-24-21-8-5-2)29-25-22-9-6-3/h4-26H2,1-3H3. The van der Waals surface area contributed by atoms with Gasteiger partial charge in [-0.15, -0.1) is 0 Å². The first-order valence-corrected chi connectivity index (χ1v) is 15.2. The van der Waals surface area contributed by atoms with Crippen LogP contribution in [0.4, 0.5) is 0 Å². The summed E-state index contributed by atoms with van der Waals surface area (Å²) in [4.78, 5) is 0. The van der Waals surface area contributed by atoms with Crippen LogP contribution in [0.15, 0.2) is 0 Å². The molecule has 0 unspecified atom stereocenters. The average molecular weight is 463 g/mol. The topological polar surface area (TPSA) is 44.8 Å². The van der Waals surface area contributed by atoms with E-state index in [9.17, 15) is 4.57 Å². The lowest BCUT2D eigenvalue weighted by Crippen LogP contribution is -2.04. The molecule has 5 heteroatoms. The van der Waals surface area contributed by atoms with Gasteiger partial charge in [-0.05, 0) is 19.3 Å². The summed E-state index contributed by atoms with van der Waals surface area (Å²) in [6.45, 7) is 7.95. The minimum absolute atomic E-state index is 0.456. The zero-order chi connectivity index (χ0) is 22.9. The van der Waals surface area contributed by atoms with E-state index < -0.39 is 7.82 Å². The molecule has 0 bridgehead atoms. The summed E-state index contributed by atoms with van der Waals surface area (Å²) in [7, 11) is -3.39. The molecule has 0 spiro atoms. The minimum Gasteiger partial charge on any atom is -0.287 e. The molecule has 31 heavy (non-hydrogen) atoms. The molecule has 0 radical (unpaired) electrons. The summed E-state index contributed by atoms with van der Waals surface area (Å²) < 4.78 is 29.5. The van der Waals surface area contributed by atoms with E-state index in [1.807, 2.05) is 0 Å². The monoisotopic (exact) mass is 462 g/mol. The molecule has 0 aliphatic heterocycles. The zero-order valence-corrected chi connectivity index (χ0v) is 22.2. The number of rotatable bonds is 26. The second kappa shape index (κ2) is 24.7. The van der Waals surface area contributed by atoms with Gasteiger partial charge in [0.05, 0.1) is 19.8 Å². The molecule has 0 N–H and O–H groups in total. The highest BCUT2D eigenvalue weighted by Crippen LogP contribution is 2.49. The third-order valence-electron chi connectivity index (χ3n) is 5.74. The third kappa shape index (κ3) is 23.1. The highest BCUT2D eigenvalue weighted by atomic mass is 31.2. The summed E-state index contributed by atoms with van der Waals surface area (Å²) in [5, 5.41) is 0. The van der Waals surface area contributed by atoms with Crippen LogP contribution in [-0.2, 0) is 18.1 Å². The van der Waals surface area contributed by atoms with E-state index in [-0.39, 0.29) is 0 Å². The third-order valence-corrected chi connectivity index (χ3v) is 7.24. The second-order valence-electron chi connectivity index (χ2n) is 8.96. The van der Waals surface area contributed by atoms with Crippen molar-refractivity contribution in [3.8, 4) is 0 Å². The van der Waals surface area contributed by atoms with E-state index >= 15 is 0 Å². The van der Waals surface area contributed by atoms with E-state index in [1.54, 1.807) is 0 Å². The number of hydrogen-bond acceptors (Lipinski definition) is 4. The summed E-state index contributed by atoms with van der Waals surface area (Å²) in [6.07, 6.45) is 24.7. The van der Waals surface area contributed by atoms with Gasteiger partial charge in [0.2, 0.25) is 0 Å². The van der Waals surface area contributed by atoms with Gasteiger partial charge in [-0.3, -0.25) is 13.6 Å². The minimum atomic E-state index is -3.39. The van der Waals surface area contributed by atoms with Crippen molar-refractivity contribution in [1.29, 1.82) is 0 Å². The Hall–Kier alpha value is 0.110. The summed E-state index contributed by atoms with van der Waals surface area (Å²) in [6, 6.07) is 0. The Bertz CT molecular complexity index is 374. The lowest BCUT2D eigenvalue weighted by atomic mass is 10.0. The number of hydrogen-bond donors (Lipinski definition) is 0. The van der Waals surface area contributed by atoms with Gasteiger partial charge in [-0.1, -0.05) is 130 Å². The highest BCUT2D eigenvalue weighted by molar-refractivity contribution is 7.48. The Morgan fingerprint density at radius 3 is 0.935 bits per heavy atom. The number of phosphoric ester groups is 1. The number of unbranched alkanes of at least 4 members (excludes halogenated alkanes) is 17. The van der Waals surface area contributed by atoms with Crippen molar-refractivity contribution in [2.75, 3.05) is 19.8 Å².